The zero-order valence-electron chi connectivity index (χ0n) is 11.8. The predicted molar refractivity (Wildman–Crippen MR) is 73.0 cm³/mol. The third-order valence-electron chi connectivity index (χ3n) is 2.90. The fourth-order valence-corrected chi connectivity index (χ4v) is 2.58. The zero-order valence-corrected chi connectivity index (χ0v) is 11.8. The molecule has 1 fully saturated rings. The molecule has 5 heteroatoms. The van der Waals surface area contributed by atoms with E-state index in [4.69, 9.17) is 4.74 Å². The Morgan fingerprint density at radius 1 is 1.17 bits per heavy atom. The van der Waals surface area contributed by atoms with E-state index in [1.54, 1.807) is 12.4 Å². The number of ether oxygens (including phenoxy) is 1. The monoisotopic (exact) mass is 250 g/mol. The van der Waals surface area contributed by atoms with Gasteiger partial charge in [0.2, 0.25) is 0 Å². The second kappa shape index (κ2) is 4.39. The van der Waals surface area contributed by atoms with Crippen molar-refractivity contribution in [3.05, 3.63) is 12.4 Å². The number of aromatic nitrogens is 2. The minimum absolute atomic E-state index is 0.181. The minimum Gasteiger partial charge on any atom is -0.372 e. The number of nitrogens with zero attached hydrogens (tertiary/aromatic N) is 3. The third-order valence-corrected chi connectivity index (χ3v) is 2.90. The number of rotatable bonds is 2. The Morgan fingerprint density at radius 2 is 1.78 bits per heavy atom. The second-order valence-corrected chi connectivity index (χ2v) is 5.99. The van der Waals surface area contributed by atoms with E-state index in [-0.39, 0.29) is 11.2 Å². The quantitative estimate of drug-likeness (QED) is 0.869. The molecule has 0 atom stereocenters. The molecule has 2 heterocycles. The Bertz CT molecular complexity index is 415. The molecule has 1 aromatic heterocycles. The van der Waals surface area contributed by atoms with Crippen molar-refractivity contribution in [2.45, 2.75) is 38.9 Å². The summed E-state index contributed by atoms with van der Waals surface area (Å²) in [7, 11) is 1.85. The Kier molecular flexibility index (Phi) is 3.19. The summed E-state index contributed by atoms with van der Waals surface area (Å²) in [6, 6.07) is 0. The average molecular weight is 250 g/mol. The van der Waals surface area contributed by atoms with Gasteiger partial charge in [-0.3, -0.25) is 4.98 Å². The van der Waals surface area contributed by atoms with Crippen molar-refractivity contribution < 1.29 is 4.74 Å². The second-order valence-electron chi connectivity index (χ2n) is 5.99. The van der Waals surface area contributed by atoms with E-state index >= 15 is 0 Å². The van der Waals surface area contributed by atoms with Crippen LogP contribution in [-0.4, -0.2) is 41.3 Å². The zero-order chi connectivity index (χ0) is 13.4. The van der Waals surface area contributed by atoms with Gasteiger partial charge in [-0.15, -0.1) is 0 Å². The van der Waals surface area contributed by atoms with E-state index in [2.05, 4.69) is 47.9 Å². The van der Waals surface area contributed by atoms with Gasteiger partial charge in [0.1, 0.15) is 11.6 Å². The molecule has 5 nitrogen and oxygen atoms in total. The summed E-state index contributed by atoms with van der Waals surface area (Å²) in [5, 5.41) is 3.02. The van der Waals surface area contributed by atoms with Crippen LogP contribution in [-0.2, 0) is 4.74 Å². The molecule has 0 unspecified atom stereocenters. The predicted octanol–water partition coefficient (Wildman–Crippen LogP) is 1.91. The highest BCUT2D eigenvalue weighted by Gasteiger charge is 2.38. The Balaban J connectivity index is 2.26. The summed E-state index contributed by atoms with van der Waals surface area (Å²) in [6.45, 7) is 10.1. The fourth-order valence-electron chi connectivity index (χ4n) is 2.58. The van der Waals surface area contributed by atoms with Crippen molar-refractivity contribution >= 4 is 11.6 Å². The van der Waals surface area contributed by atoms with E-state index in [9.17, 15) is 0 Å². The number of morpholine rings is 1. The Labute approximate surface area is 109 Å². The first kappa shape index (κ1) is 13.1. The van der Waals surface area contributed by atoms with Crippen molar-refractivity contribution in [2.24, 2.45) is 0 Å². The highest BCUT2D eigenvalue weighted by atomic mass is 16.5. The molecule has 0 aliphatic carbocycles. The first-order chi connectivity index (χ1) is 8.31. The van der Waals surface area contributed by atoms with Crippen molar-refractivity contribution in [1.29, 1.82) is 0 Å². The molecule has 0 spiro atoms. The van der Waals surface area contributed by atoms with Crippen molar-refractivity contribution in [3.63, 3.8) is 0 Å². The van der Waals surface area contributed by atoms with Gasteiger partial charge in [-0.25, -0.2) is 4.98 Å². The van der Waals surface area contributed by atoms with Gasteiger partial charge in [0, 0.05) is 20.1 Å². The molecule has 18 heavy (non-hydrogen) atoms. The molecule has 0 aromatic carbocycles. The number of hydrogen-bond acceptors (Lipinski definition) is 5. The van der Waals surface area contributed by atoms with Crippen molar-refractivity contribution in [3.8, 4) is 0 Å². The highest BCUT2D eigenvalue weighted by molar-refractivity contribution is 5.44. The molecule has 1 saturated heterocycles. The fraction of sp³-hybridized carbons (Fsp3) is 0.692. The number of nitrogens with one attached hydrogen (secondary N) is 1. The van der Waals surface area contributed by atoms with Gasteiger partial charge in [-0.2, -0.15) is 0 Å². The largest absolute Gasteiger partial charge is 0.372 e. The van der Waals surface area contributed by atoms with Crippen LogP contribution in [0.4, 0.5) is 11.6 Å². The summed E-state index contributed by atoms with van der Waals surface area (Å²) in [5.41, 5.74) is -0.363. The molecule has 0 saturated carbocycles. The molecule has 2 rings (SSSR count). The lowest BCUT2D eigenvalue weighted by atomic mass is 9.99. The highest BCUT2D eigenvalue weighted by Crippen LogP contribution is 2.30. The smallest absolute Gasteiger partial charge is 0.149 e. The molecule has 1 aliphatic heterocycles. The van der Waals surface area contributed by atoms with E-state index in [0.29, 0.717) is 0 Å². The number of hydrogen-bond donors (Lipinski definition) is 1. The van der Waals surface area contributed by atoms with Crippen LogP contribution in [0.15, 0.2) is 12.4 Å². The third kappa shape index (κ3) is 2.90. The first-order valence-electron chi connectivity index (χ1n) is 6.26. The van der Waals surface area contributed by atoms with Crippen molar-refractivity contribution in [2.75, 3.05) is 30.4 Å². The average Bonchev–Trinajstić information content (AvgIpc) is 2.25. The van der Waals surface area contributed by atoms with Crippen LogP contribution in [0.1, 0.15) is 27.7 Å². The summed E-state index contributed by atoms with van der Waals surface area (Å²) in [6.07, 6.45) is 3.53. The van der Waals surface area contributed by atoms with E-state index < -0.39 is 0 Å². The van der Waals surface area contributed by atoms with Gasteiger partial charge in [-0.1, -0.05) is 0 Å². The van der Waals surface area contributed by atoms with Gasteiger partial charge >= 0.3 is 0 Å². The summed E-state index contributed by atoms with van der Waals surface area (Å²) >= 11 is 0. The molecule has 100 valence electrons. The lowest BCUT2D eigenvalue weighted by Crippen LogP contribution is -2.57. The molecule has 0 bridgehead atoms. The lowest BCUT2D eigenvalue weighted by Gasteiger charge is -2.47. The molecule has 1 N–H and O–H groups in total. The normalized spacial score (nSPS) is 21.7. The van der Waals surface area contributed by atoms with E-state index in [0.717, 1.165) is 24.7 Å². The molecule has 1 aromatic rings. The molecular formula is C13H22N4O. The maximum atomic E-state index is 6.06. The van der Waals surface area contributed by atoms with Crippen LogP contribution in [0.5, 0.6) is 0 Å². The van der Waals surface area contributed by atoms with Crippen LogP contribution < -0.4 is 10.2 Å². The van der Waals surface area contributed by atoms with Gasteiger partial charge in [0.15, 0.2) is 0 Å². The van der Waals surface area contributed by atoms with Gasteiger partial charge in [0.25, 0.3) is 0 Å². The van der Waals surface area contributed by atoms with E-state index in [1.807, 2.05) is 7.05 Å². The maximum Gasteiger partial charge on any atom is 0.149 e. The molecular weight excluding hydrogens is 228 g/mol. The van der Waals surface area contributed by atoms with Crippen LogP contribution in [0.2, 0.25) is 0 Å². The van der Waals surface area contributed by atoms with Gasteiger partial charge < -0.3 is 15.0 Å². The van der Waals surface area contributed by atoms with Crippen LogP contribution >= 0.6 is 0 Å². The maximum absolute atomic E-state index is 6.06. The van der Waals surface area contributed by atoms with Crippen LogP contribution in [0.25, 0.3) is 0 Å². The summed E-state index contributed by atoms with van der Waals surface area (Å²) in [4.78, 5) is 11.0. The molecule has 1 aliphatic rings. The summed E-state index contributed by atoms with van der Waals surface area (Å²) < 4.78 is 6.06. The summed E-state index contributed by atoms with van der Waals surface area (Å²) in [5.74, 6) is 1.68. The number of anilines is 2. The first-order valence-corrected chi connectivity index (χ1v) is 6.26. The van der Waals surface area contributed by atoms with Gasteiger partial charge in [0.05, 0.1) is 23.6 Å². The molecule has 0 radical (unpaired) electrons. The topological polar surface area (TPSA) is 50.3 Å². The Morgan fingerprint density at radius 3 is 2.33 bits per heavy atom. The van der Waals surface area contributed by atoms with Gasteiger partial charge in [-0.05, 0) is 27.7 Å². The van der Waals surface area contributed by atoms with Crippen LogP contribution in [0, 0.1) is 0 Å². The van der Waals surface area contributed by atoms with Crippen molar-refractivity contribution in [1.82, 2.24) is 9.97 Å². The van der Waals surface area contributed by atoms with E-state index in [1.165, 1.54) is 0 Å². The Hall–Kier alpha value is -1.36. The molecule has 0 amide bonds. The standard InChI is InChI=1S/C13H22N4O/c1-12(2)8-17(9-13(3,4)18-12)11-7-15-6-10(14-5)16-11/h6-7H,8-9H2,1-5H3,(H,14,16). The minimum atomic E-state index is -0.181. The SMILES string of the molecule is CNc1cncc(N2CC(C)(C)OC(C)(C)C2)n1. The lowest BCUT2D eigenvalue weighted by molar-refractivity contribution is -0.133. The van der Waals surface area contributed by atoms with Crippen LogP contribution in [0.3, 0.4) is 0 Å².